The third kappa shape index (κ3) is 43.3. The maximum Gasteiger partial charge on any atom is 0.472 e. The van der Waals surface area contributed by atoms with Gasteiger partial charge in [0.1, 0.15) is 12.6 Å². The zero-order chi connectivity index (χ0) is 45.6. The van der Waals surface area contributed by atoms with Gasteiger partial charge in [-0.25, -0.2) is 4.57 Å². The second kappa shape index (κ2) is 44.3. The van der Waals surface area contributed by atoms with Crippen molar-refractivity contribution in [2.45, 2.75) is 193 Å². The van der Waals surface area contributed by atoms with E-state index >= 15 is 0 Å². The molecule has 0 aliphatic rings. The minimum atomic E-state index is -4.74. The average Bonchev–Trinajstić information content (AvgIpc) is 3.25. The fourth-order valence-electron chi connectivity index (χ4n) is 5.97. The van der Waals surface area contributed by atoms with Crippen LogP contribution in [0.25, 0.3) is 0 Å². The van der Waals surface area contributed by atoms with Crippen LogP contribution in [0.2, 0.25) is 0 Å². The number of nitrogens with two attached hydrogens (primary N) is 1. The highest BCUT2D eigenvalue weighted by atomic mass is 31.2. The zero-order valence-corrected chi connectivity index (χ0v) is 39.3. The van der Waals surface area contributed by atoms with Crippen LogP contribution in [0.5, 0.6) is 0 Å². The number of carbonyl (C=O) groups excluding carboxylic acids is 2. The molecule has 3 atom stereocenters. The van der Waals surface area contributed by atoms with Gasteiger partial charge in [0.2, 0.25) is 0 Å². The van der Waals surface area contributed by atoms with Gasteiger partial charge in [0.25, 0.3) is 0 Å². The molecule has 0 saturated carbocycles. The number of esters is 2. The summed E-state index contributed by atoms with van der Waals surface area (Å²) in [6.45, 7) is 2.61. The lowest BCUT2D eigenvalue weighted by Gasteiger charge is -2.20. The Balaban J connectivity index is 4.43. The van der Waals surface area contributed by atoms with E-state index in [9.17, 15) is 23.8 Å². The summed E-state index contributed by atoms with van der Waals surface area (Å²) in [6.07, 6.45) is 55.2. The van der Waals surface area contributed by atoms with Crippen LogP contribution in [0.4, 0.5) is 0 Å². The van der Waals surface area contributed by atoms with Gasteiger partial charge in [-0.2, -0.15) is 0 Å². The van der Waals surface area contributed by atoms with E-state index < -0.39 is 57.7 Å². The van der Waals surface area contributed by atoms with Gasteiger partial charge in [-0.1, -0.05) is 176 Å². The van der Waals surface area contributed by atoms with Gasteiger partial charge in [0.05, 0.1) is 13.2 Å². The third-order valence-electron chi connectivity index (χ3n) is 9.64. The molecule has 0 radical (unpaired) electrons. The molecule has 62 heavy (non-hydrogen) atoms. The normalized spacial score (nSPS) is 14.4. The Bertz CT molecular complexity index is 1370. The summed E-state index contributed by atoms with van der Waals surface area (Å²) < 4.78 is 32.7. The van der Waals surface area contributed by atoms with Crippen molar-refractivity contribution in [1.29, 1.82) is 0 Å². The lowest BCUT2D eigenvalue weighted by atomic mass is 10.1. The number of unbranched alkanes of at least 4 members (excludes halogenated alkanes) is 15. The summed E-state index contributed by atoms with van der Waals surface area (Å²) in [7, 11) is -4.74. The van der Waals surface area contributed by atoms with Gasteiger partial charge in [-0.05, 0) is 77.0 Å². The van der Waals surface area contributed by atoms with Gasteiger partial charge in [-0.3, -0.25) is 23.4 Å². The van der Waals surface area contributed by atoms with Crippen LogP contribution >= 0.6 is 7.82 Å². The first-order chi connectivity index (χ1) is 30.1. The first kappa shape index (κ1) is 58.7. The fraction of sp³-hybridized carbons (Fsp3) is 0.660. The van der Waals surface area contributed by atoms with Crippen LogP contribution in [0, 0.1) is 0 Å². The van der Waals surface area contributed by atoms with Crippen molar-refractivity contribution in [3.8, 4) is 0 Å². The topological polar surface area (TPSA) is 172 Å². The van der Waals surface area contributed by atoms with Gasteiger partial charge in [0, 0.05) is 12.8 Å². The summed E-state index contributed by atoms with van der Waals surface area (Å²) in [6, 6.07) is -1.54. The summed E-state index contributed by atoms with van der Waals surface area (Å²) in [5.41, 5.74) is 5.34. The Morgan fingerprint density at radius 1 is 0.516 bits per heavy atom. The average molecular weight is 890 g/mol. The first-order valence-electron chi connectivity index (χ1n) is 23.6. The first-order valence-corrected chi connectivity index (χ1v) is 25.1. The number of phosphoric ester groups is 1. The molecule has 12 heteroatoms. The van der Waals surface area contributed by atoms with Crippen molar-refractivity contribution in [2.75, 3.05) is 19.8 Å². The molecule has 0 fully saturated rings. The van der Waals surface area contributed by atoms with Gasteiger partial charge < -0.3 is 25.2 Å². The molecule has 0 amide bonds. The van der Waals surface area contributed by atoms with Crippen LogP contribution in [0.3, 0.4) is 0 Å². The number of hydrogen-bond donors (Lipinski definition) is 3. The van der Waals surface area contributed by atoms with E-state index in [2.05, 4.69) is 91.3 Å². The van der Waals surface area contributed by atoms with Crippen molar-refractivity contribution in [3.05, 3.63) is 85.1 Å². The Kier molecular flexibility index (Phi) is 41.9. The van der Waals surface area contributed by atoms with Crippen LogP contribution in [0.1, 0.15) is 181 Å². The molecule has 0 spiro atoms. The maximum atomic E-state index is 12.7. The number of carboxylic acid groups (broad SMARTS) is 1. The minimum Gasteiger partial charge on any atom is -0.480 e. The van der Waals surface area contributed by atoms with E-state index in [-0.39, 0.29) is 12.8 Å². The van der Waals surface area contributed by atoms with Gasteiger partial charge in [-0.15, -0.1) is 0 Å². The molecule has 0 aromatic rings. The van der Waals surface area contributed by atoms with E-state index in [1.54, 1.807) is 0 Å². The molecular formula is C50H84NO10P. The smallest absolute Gasteiger partial charge is 0.472 e. The molecule has 0 saturated heterocycles. The SMILES string of the molecule is CC/C=C/C/C=C/C/C=C/C/C=C/C/C=C/C/C=C/CCC(=O)OC[C@H](COP(=O)(O)OC[C@H](N)C(=O)O)OC(=O)CCCCCCCCCCC/C=C/CCCCCCCC. The molecule has 0 aromatic carbocycles. The molecule has 1 unspecified atom stereocenters. The highest BCUT2D eigenvalue weighted by molar-refractivity contribution is 7.47. The van der Waals surface area contributed by atoms with E-state index in [0.717, 1.165) is 57.8 Å². The third-order valence-corrected chi connectivity index (χ3v) is 10.6. The minimum absolute atomic E-state index is 0.0923. The van der Waals surface area contributed by atoms with Crippen LogP contribution in [0.15, 0.2) is 85.1 Å². The molecule has 0 aromatic heterocycles. The molecule has 4 N–H and O–H groups in total. The predicted octanol–water partition coefficient (Wildman–Crippen LogP) is 13.1. The number of ether oxygens (including phenoxy) is 2. The van der Waals surface area contributed by atoms with E-state index in [1.807, 2.05) is 12.2 Å². The summed E-state index contributed by atoms with van der Waals surface area (Å²) in [5.74, 6) is -2.49. The molecule has 0 aliphatic heterocycles. The Morgan fingerprint density at radius 2 is 0.935 bits per heavy atom. The Morgan fingerprint density at radius 3 is 1.42 bits per heavy atom. The van der Waals surface area contributed by atoms with Crippen molar-refractivity contribution >= 4 is 25.7 Å². The number of phosphoric acid groups is 1. The van der Waals surface area contributed by atoms with E-state index in [1.165, 1.54) is 83.5 Å². The molecule has 0 heterocycles. The highest BCUT2D eigenvalue weighted by Gasteiger charge is 2.28. The predicted molar refractivity (Wildman–Crippen MR) is 254 cm³/mol. The second-order valence-corrected chi connectivity index (χ2v) is 17.0. The highest BCUT2D eigenvalue weighted by Crippen LogP contribution is 2.43. The molecule has 354 valence electrons. The lowest BCUT2D eigenvalue weighted by Crippen LogP contribution is -2.34. The van der Waals surface area contributed by atoms with Gasteiger partial charge in [0.15, 0.2) is 6.10 Å². The number of aliphatic carboxylic acids is 1. The van der Waals surface area contributed by atoms with Crippen LogP contribution in [-0.2, 0) is 37.5 Å². The fourth-order valence-corrected chi connectivity index (χ4v) is 6.75. The number of allylic oxidation sites excluding steroid dienone is 14. The van der Waals surface area contributed by atoms with Crippen molar-refractivity contribution < 1.29 is 47.5 Å². The second-order valence-electron chi connectivity index (χ2n) is 15.5. The van der Waals surface area contributed by atoms with Crippen molar-refractivity contribution in [3.63, 3.8) is 0 Å². The van der Waals surface area contributed by atoms with Crippen molar-refractivity contribution in [1.82, 2.24) is 0 Å². The monoisotopic (exact) mass is 890 g/mol. The van der Waals surface area contributed by atoms with Gasteiger partial charge >= 0.3 is 25.7 Å². The van der Waals surface area contributed by atoms with Crippen LogP contribution < -0.4 is 5.73 Å². The molecular weight excluding hydrogens is 806 g/mol. The quantitative estimate of drug-likeness (QED) is 0.0230. The Hall–Kier alpha value is -3.34. The Labute approximate surface area is 375 Å². The van der Waals surface area contributed by atoms with E-state index in [0.29, 0.717) is 12.8 Å². The standard InChI is InChI=1S/C50H84NO10P/c1-3-5-7-9-11-13-15-17-19-21-23-25-27-29-31-33-35-37-39-41-48(52)58-43-46(44-59-62(56,57)60-45-47(51)50(54)55)61-49(53)42-40-38-36-34-32-30-28-26-24-22-20-18-16-14-12-10-8-6-4-2/h5,7,11,13,17-20,23,25,29,31,35,37,46-47H,3-4,6,8-10,12,14-16,21-22,24,26-28,30,32-34,36,38-45,51H2,1-2H3,(H,54,55)(H,56,57)/b7-5+,13-11+,19-17+,20-18+,25-23+,31-29+,37-35+/t46-,47+/m1/s1. The van der Waals surface area contributed by atoms with Crippen LogP contribution in [-0.4, -0.2) is 59.9 Å². The molecule has 0 aliphatic carbocycles. The molecule has 0 bridgehead atoms. The number of carboxylic acids is 1. The largest absolute Gasteiger partial charge is 0.480 e. The van der Waals surface area contributed by atoms with Crippen molar-refractivity contribution in [2.24, 2.45) is 5.73 Å². The number of carbonyl (C=O) groups is 3. The number of rotatable bonds is 43. The van der Waals surface area contributed by atoms with E-state index in [4.69, 9.17) is 24.8 Å². The summed E-state index contributed by atoms with van der Waals surface area (Å²) >= 11 is 0. The molecule has 11 nitrogen and oxygen atoms in total. The summed E-state index contributed by atoms with van der Waals surface area (Å²) in [4.78, 5) is 46.0. The molecule has 0 rings (SSSR count). The number of hydrogen-bond acceptors (Lipinski definition) is 9. The zero-order valence-electron chi connectivity index (χ0n) is 38.4. The maximum absolute atomic E-state index is 12.7. The lowest BCUT2D eigenvalue weighted by molar-refractivity contribution is -0.161. The summed E-state index contributed by atoms with van der Waals surface area (Å²) in [5, 5.41) is 8.91.